The standard InChI is InChI=1S/C24H29N3O4/c1-28-21-12-18(13-22(29-2)24(21)30-3)27-23-11-16-10-20(7-4-15(16)14-26-23)31-19-8-5-17(25)6-9-19/h4,7,10-14,17,19H,5-6,8-9,25H2,1-3H3,(H,26,27)/t17-,19+. The highest BCUT2D eigenvalue weighted by Gasteiger charge is 2.20. The molecule has 3 N–H and O–H groups in total. The fourth-order valence-corrected chi connectivity index (χ4v) is 3.96. The monoisotopic (exact) mass is 423 g/mol. The number of hydrogen-bond donors (Lipinski definition) is 2. The van der Waals surface area contributed by atoms with Crippen LogP contribution in [-0.2, 0) is 0 Å². The normalized spacial score (nSPS) is 18.5. The van der Waals surface area contributed by atoms with Gasteiger partial charge in [0, 0.05) is 35.4 Å². The Morgan fingerprint density at radius 2 is 1.58 bits per heavy atom. The number of pyridine rings is 1. The molecule has 1 heterocycles. The van der Waals surface area contributed by atoms with Crippen molar-refractivity contribution in [1.29, 1.82) is 0 Å². The van der Waals surface area contributed by atoms with Gasteiger partial charge >= 0.3 is 0 Å². The van der Waals surface area contributed by atoms with Gasteiger partial charge in [0.05, 0.1) is 27.4 Å². The van der Waals surface area contributed by atoms with Crippen LogP contribution < -0.4 is 30.0 Å². The first kappa shape index (κ1) is 21.1. The van der Waals surface area contributed by atoms with Crippen LogP contribution in [0.4, 0.5) is 11.5 Å². The molecule has 0 bridgehead atoms. The van der Waals surface area contributed by atoms with Crippen LogP contribution in [0.25, 0.3) is 10.8 Å². The van der Waals surface area contributed by atoms with E-state index in [2.05, 4.69) is 16.4 Å². The summed E-state index contributed by atoms with van der Waals surface area (Å²) < 4.78 is 22.5. The molecule has 0 aliphatic heterocycles. The Morgan fingerprint density at radius 1 is 0.871 bits per heavy atom. The van der Waals surface area contributed by atoms with Crippen molar-refractivity contribution >= 4 is 22.3 Å². The summed E-state index contributed by atoms with van der Waals surface area (Å²) >= 11 is 0. The zero-order valence-electron chi connectivity index (χ0n) is 18.2. The van der Waals surface area contributed by atoms with Gasteiger partial charge in [0.2, 0.25) is 5.75 Å². The quantitative estimate of drug-likeness (QED) is 0.572. The molecule has 0 saturated heterocycles. The lowest BCUT2D eigenvalue weighted by Crippen LogP contribution is -2.31. The minimum absolute atomic E-state index is 0.232. The van der Waals surface area contributed by atoms with E-state index >= 15 is 0 Å². The molecular weight excluding hydrogens is 394 g/mol. The van der Waals surface area contributed by atoms with Gasteiger partial charge in [-0.3, -0.25) is 0 Å². The van der Waals surface area contributed by atoms with E-state index in [1.54, 1.807) is 21.3 Å². The highest BCUT2D eigenvalue weighted by Crippen LogP contribution is 2.40. The minimum Gasteiger partial charge on any atom is -0.493 e. The average Bonchev–Trinajstić information content (AvgIpc) is 2.79. The molecule has 164 valence electrons. The smallest absolute Gasteiger partial charge is 0.203 e. The number of rotatable bonds is 7. The maximum Gasteiger partial charge on any atom is 0.203 e. The molecule has 0 unspecified atom stereocenters. The Kier molecular flexibility index (Phi) is 6.32. The molecule has 0 radical (unpaired) electrons. The summed E-state index contributed by atoms with van der Waals surface area (Å²) in [7, 11) is 4.77. The Bertz CT molecular complexity index is 1020. The molecule has 7 heteroatoms. The van der Waals surface area contributed by atoms with Crippen molar-refractivity contribution in [2.24, 2.45) is 5.73 Å². The second-order valence-corrected chi connectivity index (χ2v) is 7.77. The Morgan fingerprint density at radius 3 is 2.23 bits per heavy atom. The van der Waals surface area contributed by atoms with Gasteiger partial charge < -0.3 is 30.0 Å². The predicted octanol–water partition coefficient (Wildman–Crippen LogP) is 4.65. The molecule has 1 aromatic heterocycles. The number of ether oxygens (including phenoxy) is 4. The first-order valence-corrected chi connectivity index (χ1v) is 10.5. The summed E-state index contributed by atoms with van der Waals surface area (Å²) in [5, 5.41) is 5.42. The number of aromatic nitrogens is 1. The largest absolute Gasteiger partial charge is 0.493 e. The van der Waals surface area contributed by atoms with E-state index in [1.807, 2.05) is 36.5 Å². The molecule has 0 atom stereocenters. The van der Waals surface area contributed by atoms with Gasteiger partial charge in [0.1, 0.15) is 11.6 Å². The summed E-state index contributed by atoms with van der Waals surface area (Å²) in [6.45, 7) is 0. The Balaban J connectivity index is 1.56. The zero-order chi connectivity index (χ0) is 21.8. The van der Waals surface area contributed by atoms with Crippen molar-refractivity contribution in [2.75, 3.05) is 26.6 Å². The second-order valence-electron chi connectivity index (χ2n) is 7.77. The van der Waals surface area contributed by atoms with Gasteiger partial charge in [-0.05, 0) is 55.3 Å². The van der Waals surface area contributed by atoms with Crippen molar-refractivity contribution in [3.63, 3.8) is 0 Å². The summed E-state index contributed by atoms with van der Waals surface area (Å²) in [5.41, 5.74) is 6.79. The van der Waals surface area contributed by atoms with Crippen LogP contribution in [0.3, 0.4) is 0 Å². The van der Waals surface area contributed by atoms with Crippen molar-refractivity contribution in [3.8, 4) is 23.0 Å². The van der Waals surface area contributed by atoms with Crippen LogP contribution in [0.5, 0.6) is 23.0 Å². The lowest BCUT2D eigenvalue weighted by atomic mass is 9.94. The first-order valence-electron chi connectivity index (χ1n) is 10.5. The Hall–Kier alpha value is -3.19. The fourth-order valence-electron chi connectivity index (χ4n) is 3.96. The Labute approximate surface area is 182 Å². The molecule has 1 saturated carbocycles. The number of anilines is 2. The van der Waals surface area contributed by atoms with Gasteiger partial charge in [-0.2, -0.15) is 0 Å². The SMILES string of the molecule is COc1cc(Nc2cc3cc(O[C@H]4CC[C@@H](N)CC4)ccc3cn2)cc(OC)c1OC. The number of fused-ring (bicyclic) bond motifs is 1. The number of nitrogens with two attached hydrogens (primary N) is 1. The molecule has 31 heavy (non-hydrogen) atoms. The van der Waals surface area contributed by atoms with E-state index in [9.17, 15) is 0 Å². The number of hydrogen-bond acceptors (Lipinski definition) is 7. The van der Waals surface area contributed by atoms with Crippen LogP contribution in [0.2, 0.25) is 0 Å². The molecule has 4 rings (SSSR count). The molecule has 0 spiro atoms. The van der Waals surface area contributed by atoms with E-state index in [4.69, 9.17) is 24.7 Å². The summed E-state index contributed by atoms with van der Waals surface area (Å²) in [6, 6.07) is 12.1. The highest BCUT2D eigenvalue weighted by molar-refractivity contribution is 5.86. The van der Waals surface area contributed by atoms with Crippen molar-refractivity contribution in [1.82, 2.24) is 4.98 Å². The van der Waals surface area contributed by atoms with Gasteiger partial charge in [-0.1, -0.05) is 0 Å². The number of benzene rings is 2. The van der Waals surface area contributed by atoms with Gasteiger partial charge in [-0.15, -0.1) is 0 Å². The van der Waals surface area contributed by atoms with Gasteiger partial charge in [0.25, 0.3) is 0 Å². The third-order valence-corrected chi connectivity index (χ3v) is 5.65. The lowest BCUT2D eigenvalue weighted by molar-refractivity contribution is 0.147. The number of nitrogens with zero attached hydrogens (tertiary/aromatic N) is 1. The molecule has 7 nitrogen and oxygen atoms in total. The van der Waals surface area contributed by atoms with Crippen LogP contribution in [0.15, 0.2) is 42.6 Å². The highest BCUT2D eigenvalue weighted by atomic mass is 16.5. The van der Waals surface area contributed by atoms with E-state index in [1.165, 1.54) is 0 Å². The number of methoxy groups -OCH3 is 3. The van der Waals surface area contributed by atoms with Gasteiger partial charge in [-0.25, -0.2) is 4.98 Å². The van der Waals surface area contributed by atoms with Crippen molar-refractivity contribution < 1.29 is 18.9 Å². The maximum atomic E-state index is 6.21. The minimum atomic E-state index is 0.232. The van der Waals surface area contributed by atoms with Crippen molar-refractivity contribution in [3.05, 3.63) is 42.6 Å². The topological polar surface area (TPSA) is 87.9 Å². The number of nitrogens with one attached hydrogen (secondary N) is 1. The average molecular weight is 424 g/mol. The zero-order valence-corrected chi connectivity index (χ0v) is 18.2. The van der Waals surface area contributed by atoms with E-state index in [0.29, 0.717) is 29.1 Å². The van der Waals surface area contributed by atoms with Crippen LogP contribution in [0.1, 0.15) is 25.7 Å². The molecule has 1 fully saturated rings. The first-order chi connectivity index (χ1) is 15.1. The molecule has 3 aromatic rings. The predicted molar refractivity (Wildman–Crippen MR) is 122 cm³/mol. The fraction of sp³-hybridized carbons (Fsp3) is 0.375. The maximum absolute atomic E-state index is 6.21. The third kappa shape index (κ3) is 4.77. The summed E-state index contributed by atoms with van der Waals surface area (Å²) in [4.78, 5) is 4.53. The molecule has 1 aliphatic rings. The van der Waals surface area contributed by atoms with Gasteiger partial charge in [0.15, 0.2) is 11.5 Å². The molecule has 0 amide bonds. The van der Waals surface area contributed by atoms with Crippen molar-refractivity contribution in [2.45, 2.75) is 37.8 Å². The van der Waals surface area contributed by atoms with Crippen LogP contribution in [-0.4, -0.2) is 38.5 Å². The molecule has 2 aromatic carbocycles. The third-order valence-electron chi connectivity index (χ3n) is 5.65. The van der Waals surface area contributed by atoms with E-state index < -0.39 is 0 Å². The van der Waals surface area contributed by atoms with E-state index in [-0.39, 0.29) is 6.10 Å². The summed E-state index contributed by atoms with van der Waals surface area (Å²) in [5.74, 6) is 3.29. The van der Waals surface area contributed by atoms with Crippen LogP contribution in [0, 0.1) is 0 Å². The van der Waals surface area contributed by atoms with E-state index in [0.717, 1.165) is 47.9 Å². The summed E-state index contributed by atoms with van der Waals surface area (Å²) in [6.07, 6.45) is 6.12. The second kappa shape index (κ2) is 9.31. The van der Waals surface area contributed by atoms with Crippen LogP contribution >= 0.6 is 0 Å². The lowest BCUT2D eigenvalue weighted by Gasteiger charge is -2.26. The molecular formula is C24H29N3O4. The molecule has 1 aliphatic carbocycles.